The molecular weight excluding hydrogens is 333 g/mol. The highest BCUT2D eigenvalue weighted by Crippen LogP contribution is 2.23. The Morgan fingerprint density at radius 3 is 2.52 bits per heavy atom. The number of hydrogen-bond donors (Lipinski definition) is 1. The highest BCUT2D eigenvalue weighted by Gasteiger charge is 2.12. The molecule has 6 heteroatoms. The summed E-state index contributed by atoms with van der Waals surface area (Å²) in [7, 11) is 0. The molecule has 0 spiro atoms. The van der Waals surface area contributed by atoms with Crippen molar-refractivity contribution in [2.75, 3.05) is 0 Å². The number of halogens is 2. The zero-order valence-electron chi connectivity index (χ0n) is 12.5. The number of rotatable bonds is 5. The standard InChI is InChI=1S/C17H15Cl2N3O/c1-11(14-4-2-3-5-15(14)19)20-10-16-21-22-17(23-16)12-6-8-13(18)9-7-12/h2-9,11,20H,10H2,1H3. The molecule has 118 valence electrons. The SMILES string of the molecule is CC(NCc1nnc(-c2ccc(Cl)cc2)o1)c1ccccc1Cl. The predicted octanol–water partition coefficient (Wildman–Crippen LogP) is 4.89. The maximum atomic E-state index is 6.20. The van der Waals surface area contributed by atoms with Crippen molar-refractivity contribution < 1.29 is 4.42 Å². The van der Waals surface area contributed by atoms with Crippen LogP contribution in [0.1, 0.15) is 24.4 Å². The van der Waals surface area contributed by atoms with Crippen molar-refractivity contribution in [1.82, 2.24) is 15.5 Å². The van der Waals surface area contributed by atoms with E-state index < -0.39 is 0 Å². The Kier molecular flexibility index (Phi) is 4.96. The molecule has 0 saturated carbocycles. The first kappa shape index (κ1) is 16.0. The van der Waals surface area contributed by atoms with Gasteiger partial charge in [0.25, 0.3) is 0 Å². The van der Waals surface area contributed by atoms with E-state index in [1.807, 2.05) is 43.3 Å². The minimum atomic E-state index is 0.0783. The molecule has 3 rings (SSSR count). The van der Waals surface area contributed by atoms with Crippen LogP contribution in [0.15, 0.2) is 52.9 Å². The van der Waals surface area contributed by atoms with E-state index in [0.717, 1.165) is 16.1 Å². The van der Waals surface area contributed by atoms with Crippen molar-refractivity contribution in [3.05, 3.63) is 70.0 Å². The highest BCUT2D eigenvalue weighted by atomic mass is 35.5. The number of aromatic nitrogens is 2. The summed E-state index contributed by atoms with van der Waals surface area (Å²) >= 11 is 12.1. The number of nitrogens with zero attached hydrogens (tertiary/aromatic N) is 2. The molecule has 0 amide bonds. The second-order valence-electron chi connectivity index (χ2n) is 5.13. The Morgan fingerprint density at radius 1 is 1.04 bits per heavy atom. The summed E-state index contributed by atoms with van der Waals surface area (Å²) < 4.78 is 5.67. The van der Waals surface area contributed by atoms with Gasteiger partial charge in [-0.15, -0.1) is 10.2 Å². The molecule has 0 aliphatic heterocycles. The highest BCUT2D eigenvalue weighted by molar-refractivity contribution is 6.31. The fraction of sp³-hybridized carbons (Fsp3) is 0.176. The monoisotopic (exact) mass is 347 g/mol. The molecule has 0 aliphatic carbocycles. The molecule has 0 radical (unpaired) electrons. The summed E-state index contributed by atoms with van der Waals surface area (Å²) in [6.07, 6.45) is 0. The van der Waals surface area contributed by atoms with Gasteiger partial charge in [-0.1, -0.05) is 41.4 Å². The van der Waals surface area contributed by atoms with Crippen LogP contribution in [0.25, 0.3) is 11.5 Å². The van der Waals surface area contributed by atoms with Crippen LogP contribution in [0.3, 0.4) is 0 Å². The Balaban J connectivity index is 1.65. The minimum absolute atomic E-state index is 0.0783. The van der Waals surface area contributed by atoms with E-state index in [0.29, 0.717) is 23.3 Å². The Bertz CT molecular complexity index is 787. The van der Waals surface area contributed by atoms with Crippen LogP contribution in [-0.4, -0.2) is 10.2 Å². The molecule has 4 nitrogen and oxygen atoms in total. The molecule has 23 heavy (non-hydrogen) atoms. The van der Waals surface area contributed by atoms with Crippen molar-refractivity contribution in [1.29, 1.82) is 0 Å². The first-order valence-electron chi connectivity index (χ1n) is 7.19. The topological polar surface area (TPSA) is 51.0 Å². The van der Waals surface area contributed by atoms with Crippen LogP contribution in [0.2, 0.25) is 10.0 Å². The van der Waals surface area contributed by atoms with Gasteiger partial charge >= 0.3 is 0 Å². The molecule has 2 aromatic carbocycles. The lowest BCUT2D eigenvalue weighted by Crippen LogP contribution is -2.18. The molecular formula is C17H15Cl2N3O. The number of nitrogens with one attached hydrogen (secondary N) is 1. The average Bonchev–Trinajstić information content (AvgIpc) is 3.03. The summed E-state index contributed by atoms with van der Waals surface area (Å²) in [6, 6.07) is 15.1. The van der Waals surface area contributed by atoms with Crippen molar-refractivity contribution in [3.8, 4) is 11.5 Å². The van der Waals surface area contributed by atoms with Crippen LogP contribution in [0, 0.1) is 0 Å². The maximum Gasteiger partial charge on any atom is 0.247 e. The molecule has 0 saturated heterocycles. The smallest absolute Gasteiger partial charge is 0.247 e. The van der Waals surface area contributed by atoms with Gasteiger partial charge in [0.15, 0.2) is 0 Å². The quantitative estimate of drug-likeness (QED) is 0.713. The largest absolute Gasteiger partial charge is 0.419 e. The van der Waals surface area contributed by atoms with Crippen LogP contribution in [0.4, 0.5) is 0 Å². The van der Waals surface area contributed by atoms with Gasteiger partial charge in [0, 0.05) is 21.7 Å². The summed E-state index contributed by atoms with van der Waals surface area (Å²) in [5, 5.41) is 12.9. The summed E-state index contributed by atoms with van der Waals surface area (Å²) in [5.74, 6) is 0.998. The molecule has 1 unspecified atom stereocenters. The number of benzene rings is 2. The zero-order chi connectivity index (χ0) is 16.2. The molecule has 0 bridgehead atoms. The van der Waals surface area contributed by atoms with Gasteiger partial charge in [0.2, 0.25) is 11.8 Å². The summed E-state index contributed by atoms with van der Waals surface area (Å²) in [6.45, 7) is 2.50. The fourth-order valence-electron chi connectivity index (χ4n) is 2.21. The van der Waals surface area contributed by atoms with E-state index in [1.54, 1.807) is 12.1 Å². The zero-order valence-corrected chi connectivity index (χ0v) is 14.0. The Labute approximate surface area is 144 Å². The third-order valence-corrected chi connectivity index (χ3v) is 4.09. The minimum Gasteiger partial charge on any atom is -0.419 e. The lowest BCUT2D eigenvalue weighted by atomic mass is 10.1. The Hall–Kier alpha value is -1.88. The van der Waals surface area contributed by atoms with Crippen LogP contribution < -0.4 is 5.32 Å². The van der Waals surface area contributed by atoms with Crippen LogP contribution in [0.5, 0.6) is 0 Å². The molecule has 0 fully saturated rings. The second kappa shape index (κ2) is 7.13. The van der Waals surface area contributed by atoms with E-state index in [4.69, 9.17) is 27.6 Å². The van der Waals surface area contributed by atoms with E-state index >= 15 is 0 Å². The molecule has 0 aliphatic rings. The van der Waals surface area contributed by atoms with E-state index in [1.165, 1.54) is 0 Å². The van der Waals surface area contributed by atoms with Crippen LogP contribution in [-0.2, 0) is 6.54 Å². The Morgan fingerprint density at radius 2 is 1.78 bits per heavy atom. The lowest BCUT2D eigenvalue weighted by molar-refractivity contribution is 0.454. The molecule has 1 heterocycles. The van der Waals surface area contributed by atoms with Crippen molar-refractivity contribution in [2.45, 2.75) is 19.5 Å². The van der Waals surface area contributed by atoms with Gasteiger partial charge < -0.3 is 9.73 Å². The second-order valence-corrected chi connectivity index (χ2v) is 5.98. The lowest BCUT2D eigenvalue weighted by Gasteiger charge is -2.14. The number of hydrogen-bond acceptors (Lipinski definition) is 4. The summed E-state index contributed by atoms with van der Waals surface area (Å²) in [5.41, 5.74) is 1.87. The first-order valence-corrected chi connectivity index (χ1v) is 7.95. The van der Waals surface area contributed by atoms with E-state index in [9.17, 15) is 0 Å². The van der Waals surface area contributed by atoms with Crippen molar-refractivity contribution >= 4 is 23.2 Å². The van der Waals surface area contributed by atoms with E-state index in [-0.39, 0.29) is 6.04 Å². The maximum absolute atomic E-state index is 6.20. The van der Waals surface area contributed by atoms with Gasteiger partial charge in [-0.05, 0) is 42.8 Å². The van der Waals surface area contributed by atoms with Gasteiger partial charge in [-0.3, -0.25) is 0 Å². The van der Waals surface area contributed by atoms with Crippen LogP contribution >= 0.6 is 23.2 Å². The third kappa shape index (κ3) is 3.91. The van der Waals surface area contributed by atoms with Gasteiger partial charge in [0.1, 0.15) is 0 Å². The van der Waals surface area contributed by atoms with E-state index in [2.05, 4.69) is 15.5 Å². The van der Waals surface area contributed by atoms with Crippen molar-refractivity contribution in [2.24, 2.45) is 0 Å². The van der Waals surface area contributed by atoms with Gasteiger partial charge in [-0.2, -0.15) is 0 Å². The molecule has 1 atom stereocenters. The van der Waals surface area contributed by atoms with Gasteiger partial charge in [-0.25, -0.2) is 0 Å². The average molecular weight is 348 g/mol. The van der Waals surface area contributed by atoms with Gasteiger partial charge in [0.05, 0.1) is 6.54 Å². The normalized spacial score (nSPS) is 12.3. The molecule has 1 aromatic heterocycles. The van der Waals surface area contributed by atoms with Crippen molar-refractivity contribution in [3.63, 3.8) is 0 Å². The predicted molar refractivity (Wildman–Crippen MR) is 91.5 cm³/mol. The molecule has 3 aromatic rings. The first-order chi connectivity index (χ1) is 11.1. The fourth-order valence-corrected chi connectivity index (χ4v) is 2.64. The molecule has 1 N–H and O–H groups in total. The summed E-state index contributed by atoms with van der Waals surface area (Å²) in [4.78, 5) is 0. The third-order valence-electron chi connectivity index (χ3n) is 3.49.